The zero-order valence-corrected chi connectivity index (χ0v) is 16.8. The first-order valence-corrected chi connectivity index (χ1v) is 11.3. The number of benzene rings is 2. The Bertz CT molecular complexity index is 1010. The van der Waals surface area contributed by atoms with Gasteiger partial charge in [0.1, 0.15) is 10.6 Å². The van der Waals surface area contributed by atoms with E-state index in [4.69, 9.17) is 4.74 Å². The van der Waals surface area contributed by atoms with Crippen molar-refractivity contribution in [3.05, 3.63) is 54.1 Å². The molecule has 2 aromatic carbocycles. The van der Waals surface area contributed by atoms with E-state index in [2.05, 4.69) is 0 Å². The SMILES string of the molecule is COc1ccc(C)cc1S(=O)(=O)N1CCN(S(=O)(=O)c2ccccc2)CC1. The number of nitrogens with zero attached hydrogens (tertiary/aromatic N) is 2. The van der Waals surface area contributed by atoms with Crippen LogP contribution in [0.5, 0.6) is 5.75 Å². The molecule has 0 aliphatic carbocycles. The largest absolute Gasteiger partial charge is 0.495 e. The lowest BCUT2D eigenvalue weighted by molar-refractivity contribution is 0.272. The monoisotopic (exact) mass is 410 g/mol. The minimum atomic E-state index is -3.77. The molecule has 0 unspecified atom stereocenters. The van der Waals surface area contributed by atoms with Gasteiger partial charge in [0.05, 0.1) is 12.0 Å². The van der Waals surface area contributed by atoms with E-state index in [-0.39, 0.29) is 41.7 Å². The van der Waals surface area contributed by atoms with Crippen LogP contribution < -0.4 is 4.74 Å². The minimum absolute atomic E-state index is 0.0888. The highest BCUT2D eigenvalue weighted by atomic mass is 32.2. The molecule has 146 valence electrons. The number of rotatable bonds is 5. The average Bonchev–Trinajstić information content (AvgIpc) is 2.68. The Balaban J connectivity index is 1.81. The molecule has 1 aliphatic rings. The lowest BCUT2D eigenvalue weighted by Crippen LogP contribution is -2.50. The van der Waals surface area contributed by atoms with Gasteiger partial charge in [-0.25, -0.2) is 16.8 Å². The highest BCUT2D eigenvalue weighted by molar-refractivity contribution is 7.89. The van der Waals surface area contributed by atoms with Crippen molar-refractivity contribution in [3.8, 4) is 5.75 Å². The van der Waals surface area contributed by atoms with Crippen LogP contribution in [0.15, 0.2) is 58.3 Å². The maximum absolute atomic E-state index is 13.0. The van der Waals surface area contributed by atoms with Crippen molar-refractivity contribution in [1.29, 1.82) is 0 Å². The summed E-state index contributed by atoms with van der Waals surface area (Å²) in [4.78, 5) is 0.311. The van der Waals surface area contributed by atoms with Crippen molar-refractivity contribution in [2.45, 2.75) is 16.7 Å². The standard InChI is InChI=1S/C18H22N2O5S2/c1-15-8-9-17(25-2)18(14-15)27(23,24)20-12-10-19(11-13-20)26(21,22)16-6-4-3-5-7-16/h3-9,14H,10-13H2,1-2H3. The summed E-state index contributed by atoms with van der Waals surface area (Å²) >= 11 is 0. The Labute approximate surface area is 160 Å². The Hall–Kier alpha value is -1.94. The molecular weight excluding hydrogens is 388 g/mol. The second-order valence-corrected chi connectivity index (χ2v) is 10.1. The van der Waals surface area contributed by atoms with Crippen LogP contribution in [0.25, 0.3) is 0 Å². The van der Waals surface area contributed by atoms with Gasteiger partial charge < -0.3 is 4.74 Å². The molecule has 1 saturated heterocycles. The third-order valence-corrected chi connectivity index (χ3v) is 8.35. The van der Waals surface area contributed by atoms with E-state index in [1.54, 1.807) is 36.4 Å². The lowest BCUT2D eigenvalue weighted by atomic mass is 10.2. The smallest absolute Gasteiger partial charge is 0.246 e. The van der Waals surface area contributed by atoms with Crippen LogP contribution in [0.1, 0.15) is 5.56 Å². The fourth-order valence-electron chi connectivity index (χ4n) is 3.02. The lowest BCUT2D eigenvalue weighted by Gasteiger charge is -2.33. The molecule has 0 spiro atoms. The van der Waals surface area contributed by atoms with Gasteiger partial charge in [0.2, 0.25) is 20.0 Å². The van der Waals surface area contributed by atoms with Crippen molar-refractivity contribution >= 4 is 20.0 Å². The fourth-order valence-corrected chi connectivity index (χ4v) is 6.12. The van der Waals surface area contributed by atoms with Crippen LogP contribution >= 0.6 is 0 Å². The molecule has 0 atom stereocenters. The molecule has 7 nitrogen and oxygen atoms in total. The second-order valence-electron chi connectivity index (χ2n) is 6.28. The van der Waals surface area contributed by atoms with Crippen molar-refractivity contribution in [1.82, 2.24) is 8.61 Å². The van der Waals surface area contributed by atoms with Crippen molar-refractivity contribution < 1.29 is 21.6 Å². The summed E-state index contributed by atoms with van der Waals surface area (Å²) in [5, 5.41) is 0. The fraction of sp³-hybridized carbons (Fsp3) is 0.333. The molecule has 0 aromatic heterocycles. The van der Waals surface area contributed by atoms with Gasteiger partial charge >= 0.3 is 0 Å². The van der Waals surface area contributed by atoms with Gasteiger partial charge in [-0.2, -0.15) is 8.61 Å². The molecule has 1 fully saturated rings. The van der Waals surface area contributed by atoms with E-state index in [1.807, 2.05) is 6.92 Å². The topological polar surface area (TPSA) is 84.0 Å². The number of aryl methyl sites for hydroxylation is 1. The van der Waals surface area contributed by atoms with Crippen molar-refractivity contribution in [2.24, 2.45) is 0 Å². The van der Waals surface area contributed by atoms with Gasteiger partial charge in [-0.3, -0.25) is 0 Å². The summed E-state index contributed by atoms with van der Waals surface area (Å²) in [6.07, 6.45) is 0. The van der Waals surface area contributed by atoms with Gasteiger partial charge in [-0.1, -0.05) is 24.3 Å². The Morgan fingerprint density at radius 1 is 0.815 bits per heavy atom. The maximum atomic E-state index is 13.0. The molecule has 27 heavy (non-hydrogen) atoms. The number of sulfonamides is 2. The summed E-state index contributed by atoms with van der Waals surface area (Å²) < 4.78 is 59.3. The third kappa shape index (κ3) is 3.86. The van der Waals surface area contributed by atoms with E-state index in [0.717, 1.165) is 5.56 Å². The van der Waals surface area contributed by atoms with E-state index >= 15 is 0 Å². The van der Waals surface area contributed by atoms with Crippen LogP contribution in [0.2, 0.25) is 0 Å². The quantitative estimate of drug-likeness (QED) is 0.749. The zero-order chi connectivity index (χ0) is 19.7. The molecule has 0 saturated carbocycles. The molecule has 0 N–H and O–H groups in total. The van der Waals surface area contributed by atoms with Crippen LogP contribution in [-0.2, 0) is 20.0 Å². The number of methoxy groups -OCH3 is 1. The summed E-state index contributed by atoms with van der Waals surface area (Å²) in [6, 6.07) is 13.1. The van der Waals surface area contributed by atoms with E-state index in [1.165, 1.54) is 27.9 Å². The second kappa shape index (κ2) is 7.59. The van der Waals surface area contributed by atoms with E-state index in [0.29, 0.717) is 0 Å². The maximum Gasteiger partial charge on any atom is 0.246 e. The zero-order valence-electron chi connectivity index (χ0n) is 15.2. The highest BCUT2D eigenvalue weighted by Crippen LogP contribution is 2.29. The predicted molar refractivity (Wildman–Crippen MR) is 102 cm³/mol. The Kier molecular flexibility index (Phi) is 5.57. The normalized spacial score (nSPS) is 17.0. The summed E-state index contributed by atoms with van der Waals surface area (Å²) in [7, 11) is -5.98. The Morgan fingerprint density at radius 3 is 1.93 bits per heavy atom. The summed E-state index contributed by atoms with van der Waals surface area (Å²) in [6.45, 7) is 2.19. The first-order chi connectivity index (χ1) is 12.8. The van der Waals surface area contributed by atoms with Crippen LogP contribution in [-0.4, -0.2) is 58.7 Å². The van der Waals surface area contributed by atoms with Gasteiger partial charge in [0.15, 0.2) is 0 Å². The number of hydrogen-bond acceptors (Lipinski definition) is 5. The molecule has 2 aromatic rings. The first-order valence-electron chi connectivity index (χ1n) is 8.47. The predicted octanol–water partition coefficient (Wildman–Crippen LogP) is 1.70. The molecule has 0 bridgehead atoms. The molecular formula is C18H22N2O5S2. The highest BCUT2D eigenvalue weighted by Gasteiger charge is 2.35. The van der Waals surface area contributed by atoms with Crippen LogP contribution in [0.3, 0.4) is 0 Å². The first kappa shape index (κ1) is 19.8. The number of ether oxygens (including phenoxy) is 1. The molecule has 1 aliphatic heterocycles. The summed E-state index contributed by atoms with van der Waals surface area (Å²) in [5.41, 5.74) is 0.805. The van der Waals surface area contributed by atoms with Gasteiger partial charge in [-0.15, -0.1) is 0 Å². The average molecular weight is 411 g/mol. The number of hydrogen-bond donors (Lipinski definition) is 0. The minimum Gasteiger partial charge on any atom is -0.495 e. The van der Waals surface area contributed by atoms with E-state index < -0.39 is 20.0 Å². The van der Waals surface area contributed by atoms with Crippen molar-refractivity contribution in [2.75, 3.05) is 33.3 Å². The molecule has 0 amide bonds. The molecule has 1 heterocycles. The molecule has 3 rings (SSSR count). The third-order valence-electron chi connectivity index (χ3n) is 4.52. The van der Waals surface area contributed by atoms with E-state index in [9.17, 15) is 16.8 Å². The van der Waals surface area contributed by atoms with Gasteiger partial charge in [0, 0.05) is 26.2 Å². The van der Waals surface area contributed by atoms with Crippen molar-refractivity contribution in [3.63, 3.8) is 0 Å². The number of piperazine rings is 1. The molecule has 9 heteroatoms. The van der Waals surface area contributed by atoms with Gasteiger partial charge in [-0.05, 0) is 36.8 Å². The van der Waals surface area contributed by atoms with Crippen LogP contribution in [0, 0.1) is 6.92 Å². The van der Waals surface area contributed by atoms with Crippen LogP contribution in [0.4, 0.5) is 0 Å². The van der Waals surface area contributed by atoms with Gasteiger partial charge in [0.25, 0.3) is 0 Å². The Morgan fingerprint density at radius 2 is 1.37 bits per heavy atom. The molecule has 0 radical (unpaired) electrons. The summed E-state index contributed by atoms with van der Waals surface area (Å²) in [5.74, 6) is 0.278.